The van der Waals surface area contributed by atoms with Crippen LogP contribution in [0.15, 0.2) is 30.3 Å². The maximum Gasteiger partial charge on any atom is 0.325 e. The van der Waals surface area contributed by atoms with Gasteiger partial charge in [0.15, 0.2) is 0 Å². The quantitative estimate of drug-likeness (QED) is 0.710. The van der Waals surface area contributed by atoms with Gasteiger partial charge in [-0.25, -0.2) is 9.48 Å². The molecule has 8 nitrogen and oxygen atoms in total. The van der Waals surface area contributed by atoms with E-state index in [1.165, 1.54) is 4.90 Å². The van der Waals surface area contributed by atoms with Crippen molar-refractivity contribution >= 4 is 17.8 Å². The van der Waals surface area contributed by atoms with Crippen molar-refractivity contribution in [1.82, 2.24) is 24.9 Å². The monoisotopic (exact) mass is 411 g/mol. The molecule has 0 unspecified atom stereocenters. The molecule has 8 heteroatoms. The normalized spacial score (nSPS) is 15.4. The number of rotatable bonds is 7. The SMILES string of the molecule is CCC1(CC)NC(=O)N(CC(=O)N(C)Cc2c(C)nn(-c3ccccc3)c2C)C1=O. The Morgan fingerprint density at radius 1 is 1.13 bits per heavy atom. The Morgan fingerprint density at radius 3 is 2.33 bits per heavy atom. The minimum Gasteiger partial charge on any atom is -0.340 e. The topological polar surface area (TPSA) is 87.5 Å². The number of para-hydroxylation sites is 1. The van der Waals surface area contributed by atoms with Crippen molar-refractivity contribution in [2.45, 2.75) is 52.6 Å². The Bertz CT molecular complexity index is 963. The molecule has 1 aliphatic rings. The second-order valence-electron chi connectivity index (χ2n) is 7.76. The van der Waals surface area contributed by atoms with E-state index in [-0.39, 0.29) is 18.4 Å². The van der Waals surface area contributed by atoms with Crippen molar-refractivity contribution < 1.29 is 14.4 Å². The lowest BCUT2D eigenvalue weighted by Gasteiger charge is -2.24. The molecule has 1 aliphatic heterocycles. The zero-order chi connectivity index (χ0) is 22.1. The molecular formula is C22H29N5O3. The van der Waals surface area contributed by atoms with Crippen LogP contribution in [-0.2, 0) is 16.1 Å². The Hall–Kier alpha value is -3.16. The average Bonchev–Trinajstić information content (AvgIpc) is 3.16. The molecule has 0 aliphatic carbocycles. The second kappa shape index (κ2) is 8.30. The Morgan fingerprint density at radius 2 is 1.77 bits per heavy atom. The van der Waals surface area contributed by atoms with Crippen LogP contribution in [0.4, 0.5) is 4.79 Å². The van der Waals surface area contributed by atoms with E-state index in [0.717, 1.165) is 27.5 Å². The molecule has 0 spiro atoms. The second-order valence-corrected chi connectivity index (χ2v) is 7.76. The summed E-state index contributed by atoms with van der Waals surface area (Å²) >= 11 is 0. The van der Waals surface area contributed by atoms with E-state index < -0.39 is 11.6 Å². The van der Waals surface area contributed by atoms with Gasteiger partial charge in [0.05, 0.1) is 11.4 Å². The molecule has 0 saturated carbocycles. The lowest BCUT2D eigenvalue weighted by Crippen LogP contribution is -2.46. The van der Waals surface area contributed by atoms with Gasteiger partial charge in [-0.2, -0.15) is 5.10 Å². The number of nitrogens with zero attached hydrogens (tertiary/aromatic N) is 4. The number of carbonyl (C=O) groups is 3. The van der Waals surface area contributed by atoms with E-state index in [1.807, 2.05) is 62.7 Å². The van der Waals surface area contributed by atoms with E-state index in [9.17, 15) is 14.4 Å². The summed E-state index contributed by atoms with van der Waals surface area (Å²) in [5.74, 6) is -0.628. The number of imide groups is 1. The first-order valence-corrected chi connectivity index (χ1v) is 10.2. The molecule has 2 heterocycles. The van der Waals surface area contributed by atoms with Gasteiger partial charge in [0, 0.05) is 24.8 Å². The summed E-state index contributed by atoms with van der Waals surface area (Å²) in [4.78, 5) is 40.4. The van der Waals surface area contributed by atoms with Crippen LogP contribution < -0.4 is 5.32 Å². The van der Waals surface area contributed by atoms with Crippen LogP contribution in [0.2, 0.25) is 0 Å². The predicted octanol–water partition coefficient (Wildman–Crippen LogP) is 2.56. The lowest BCUT2D eigenvalue weighted by atomic mass is 9.93. The van der Waals surface area contributed by atoms with Gasteiger partial charge in [0.1, 0.15) is 12.1 Å². The summed E-state index contributed by atoms with van der Waals surface area (Å²) in [6.45, 7) is 7.67. The largest absolute Gasteiger partial charge is 0.340 e. The van der Waals surface area contributed by atoms with Crippen LogP contribution >= 0.6 is 0 Å². The van der Waals surface area contributed by atoms with Crippen LogP contribution in [0.25, 0.3) is 5.69 Å². The van der Waals surface area contributed by atoms with E-state index >= 15 is 0 Å². The van der Waals surface area contributed by atoms with Crippen LogP contribution in [0.3, 0.4) is 0 Å². The first kappa shape index (κ1) is 21.5. The number of aryl methyl sites for hydroxylation is 1. The number of likely N-dealkylation sites (N-methyl/N-ethyl adjacent to an activating group) is 1. The molecule has 30 heavy (non-hydrogen) atoms. The van der Waals surface area contributed by atoms with Gasteiger partial charge in [-0.15, -0.1) is 0 Å². The molecular weight excluding hydrogens is 382 g/mol. The minimum atomic E-state index is -0.903. The fourth-order valence-corrected chi connectivity index (χ4v) is 3.85. The van der Waals surface area contributed by atoms with Crippen molar-refractivity contribution in [2.24, 2.45) is 0 Å². The number of aromatic nitrogens is 2. The highest BCUT2D eigenvalue weighted by Crippen LogP contribution is 2.25. The van der Waals surface area contributed by atoms with E-state index in [2.05, 4.69) is 10.4 Å². The molecule has 0 bridgehead atoms. The summed E-state index contributed by atoms with van der Waals surface area (Å²) in [6, 6.07) is 9.30. The van der Waals surface area contributed by atoms with Gasteiger partial charge in [0.25, 0.3) is 5.91 Å². The third-order valence-electron chi connectivity index (χ3n) is 6.01. The third-order valence-corrected chi connectivity index (χ3v) is 6.01. The molecule has 1 fully saturated rings. The standard InChI is InChI=1S/C22H29N5O3/c1-6-22(7-2)20(29)26(21(30)23-22)14-19(28)25(5)13-18-15(3)24-27(16(18)4)17-11-9-8-10-12-17/h8-12H,6-7,13-14H2,1-5H3,(H,23,30). The Balaban J connectivity index is 1.73. The highest BCUT2D eigenvalue weighted by atomic mass is 16.2. The van der Waals surface area contributed by atoms with Gasteiger partial charge in [-0.1, -0.05) is 32.0 Å². The van der Waals surface area contributed by atoms with Crippen molar-refractivity contribution in [2.75, 3.05) is 13.6 Å². The number of nitrogens with one attached hydrogen (secondary N) is 1. The average molecular weight is 412 g/mol. The summed E-state index contributed by atoms with van der Waals surface area (Å²) in [5.41, 5.74) is 2.78. The Kier molecular flexibility index (Phi) is 5.96. The smallest absolute Gasteiger partial charge is 0.325 e. The molecule has 1 N–H and O–H groups in total. The van der Waals surface area contributed by atoms with Gasteiger partial charge < -0.3 is 10.2 Å². The van der Waals surface area contributed by atoms with Gasteiger partial charge in [-0.05, 0) is 38.8 Å². The molecule has 0 radical (unpaired) electrons. The Labute approximate surface area is 176 Å². The van der Waals surface area contributed by atoms with Crippen LogP contribution in [-0.4, -0.2) is 56.6 Å². The first-order chi connectivity index (χ1) is 14.2. The molecule has 1 aromatic carbocycles. The number of hydrogen-bond acceptors (Lipinski definition) is 4. The molecule has 1 aromatic heterocycles. The number of hydrogen-bond donors (Lipinski definition) is 1. The van der Waals surface area contributed by atoms with Crippen molar-refractivity contribution in [3.63, 3.8) is 0 Å². The van der Waals surface area contributed by atoms with Crippen molar-refractivity contribution in [3.8, 4) is 5.69 Å². The maximum atomic E-state index is 12.8. The zero-order valence-electron chi connectivity index (χ0n) is 18.2. The van der Waals surface area contributed by atoms with E-state index in [0.29, 0.717) is 19.4 Å². The first-order valence-electron chi connectivity index (χ1n) is 10.2. The number of amides is 4. The van der Waals surface area contributed by atoms with E-state index in [4.69, 9.17) is 0 Å². The van der Waals surface area contributed by atoms with Gasteiger partial charge in [-0.3, -0.25) is 14.5 Å². The molecule has 1 saturated heterocycles. The number of benzene rings is 1. The number of urea groups is 1. The summed E-state index contributed by atoms with van der Waals surface area (Å²) in [7, 11) is 1.67. The fourth-order valence-electron chi connectivity index (χ4n) is 3.85. The summed E-state index contributed by atoms with van der Waals surface area (Å²) < 4.78 is 1.86. The fraction of sp³-hybridized carbons (Fsp3) is 0.455. The maximum absolute atomic E-state index is 12.8. The minimum absolute atomic E-state index is 0.270. The third kappa shape index (κ3) is 3.69. The molecule has 0 atom stereocenters. The zero-order valence-corrected chi connectivity index (χ0v) is 18.2. The predicted molar refractivity (Wildman–Crippen MR) is 113 cm³/mol. The lowest BCUT2D eigenvalue weighted by molar-refractivity contribution is -0.138. The molecule has 4 amide bonds. The van der Waals surface area contributed by atoms with E-state index in [1.54, 1.807) is 7.05 Å². The number of carbonyl (C=O) groups excluding carboxylic acids is 3. The van der Waals surface area contributed by atoms with Crippen molar-refractivity contribution in [3.05, 3.63) is 47.3 Å². The highest BCUT2D eigenvalue weighted by molar-refractivity contribution is 6.08. The highest BCUT2D eigenvalue weighted by Gasteiger charge is 2.49. The van der Waals surface area contributed by atoms with Gasteiger partial charge >= 0.3 is 6.03 Å². The van der Waals surface area contributed by atoms with Crippen LogP contribution in [0, 0.1) is 13.8 Å². The summed E-state index contributed by atoms with van der Waals surface area (Å²) in [6.07, 6.45) is 0.983. The van der Waals surface area contributed by atoms with Crippen LogP contribution in [0.5, 0.6) is 0 Å². The van der Waals surface area contributed by atoms with Gasteiger partial charge in [0.2, 0.25) is 5.91 Å². The molecule has 3 rings (SSSR count). The van der Waals surface area contributed by atoms with Crippen molar-refractivity contribution in [1.29, 1.82) is 0 Å². The molecule has 2 aromatic rings. The van der Waals surface area contributed by atoms with Crippen LogP contribution in [0.1, 0.15) is 43.6 Å². The summed E-state index contributed by atoms with van der Waals surface area (Å²) in [5, 5.41) is 7.37. The molecule has 160 valence electrons.